The van der Waals surface area contributed by atoms with E-state index in [0.717, 1.165) is 39.0 Å². The van der Waals surface area contributed by atoms with Crippen molar-refractivity contribution in [2.75, 3.05) is 19.7 Å². The lowest BCUT2D eigenvalue weighted by Gasteiger charge is -2.26. The highest BCUT2D eigenvalue weighted by Gasteiger charge is 2.19. The Morgan fingerprint density at radius 3 is 3.18 bits per heavy atom. The minimum Gasteiger partial charge on any atom is -0.372 e. The van der Waals surface area contributed by atoms with Crippen molar-refractivity contribution in [3.8, 4) is 12.3 Å². The first kappa shape index (κ1) is 12.2. The van der Waals surface area contributed by atoms with Gasteiger partial charge in [0.05, 0.1) is 12.7 Å². The van der Waals surface area contributed by atoms with Crippen LogP contribution in [0.15, 0.2) is 24.3 Å². The molecular weight excluding hydrogens is 210 g/mol. The molecule has 1 aromatic carbocycles. The molecule has 1 aromatic rings. The van der Waals surface area contributed by atoms with E-state index in [1.807, 2.05) is 0 Å². The standard InChI is InChI=1S/C15H19NO/c1-2-3-6-10-16-12-15-14-8-5-4-7-13(14)9-11-17-15/h1,4-5,7-8,15-16H,3,6,9-12H2. The summed E-state index contributed by atoms with van der Waals surface area (Å²) in [4.78, 5) is 0. The van der Waals surface area contributed by atoms with Crippen molar-refractivity contribution in [3.63, 3.8) is 0 Å². The molecule has 2 heteroatoms. The fraction of sp³-hybridized carbons (Fsp3) is 0.467. The van der Waals surface area contributed by atoms with Crippen molar-refractivity contribution in [2.24, 2.45) is 0 Å². The lowest BCUT2D eigenvalue weighted by molar-refractivity contribution is 0.0426. The minimum atomic E-state index is 0.200. The van der Waals surface area contributed by atoms with Crippen LogP contribution in [-0.2, 0) is 11.2 Å². The molecule has 17 heavy (non-hydrogen) atoms. The number of ether oxygens (including phenoxy) is 1. The molecule has 0 saturated heterocycles. The van der Waals surface area contributed by atoms with Gasteiger partial charge in [-0.05, 0) is 30.5 Å². The van der Waals surface area contributed by atoms with E-state index in [4.69, 9.17) is 11.2 Å². The van der Waals surface area contributed by atoms with Crippen LogP contribution >= 0.6 is 0 Å². The quantitative estimate of drug-likeness (QED) is 0.618. The predicted octanol–water partition coefficient (Wildman–Crippen LogP) is 2.30. The number of benzene rings is 1. The van der Waals surface area contributed by atoms with Gasteiger partial charge in [0.25, 0.3) is 0 Å². The van der Waals surface area contributed by atoms with Gasteiger partial charge < -0.3 is 10.1 Å². The molecule has 90 valence electrons. The van der Waals surface area contributed by atoms with Crippen LogP contribution in [0.4, 0.5) is 0 Å². The molecule has 1 atom stereocenters. The highest BCUT2D eigenvalue weighted by molar-refractivity contribution is 5.31. The summed E-state index contributed by atoms with van der Waals surface area (Å²) < 4.78 is 5.81. The third-order valence-electron chi connectivity index (χ3n) is 3.10. The van der Waals surface area contributed by atoms with Crippen LogP contribution in [0.1, 0.15) is 30.1 Å². The predicted molar refractivity (Wildman–Crippen MR) is 69.8 cm³/mol. The third-order valence-corrected chi connectivity index (χ3v) is 3.10. The summed E-state index contributed by atoms with van der Waals surface area (Å²) in [5, 5.41) is 3.41. The summed E-state index contributed by atoms with van der Waals surface area (Å²) in [7, 11) is 0. The van der Waals surface area contributed by atoms with Gasteiger partial charge in [0.1, 0.15) is 0 Å². The van der Waals surface area contributed by atoms with Crippen molar-refractivity contribution in [1.29, 1.82) is 0 Å². The van der Waals surface area contributed by atoms with E-state index < -0.39 is 0 Å². The van der Waals surface area contributed by atoms with Crippen LogP contribution in [0.5, 0.6) is 0 Å². The lowest BCUT2D eigenvalue weighted by atomic mass is 9.97. The zero-order valence-corrected chi connectivity index (χ0v) is 10.1. The molecule has 0 radical (unpaired) electrons. The number of rotatable bonds is 5. The van der Waals surface area contributed by atoms with Crippen LogP contribution in [0.3, 0.4) is 0 Å². The van der Waals surface area contributed by atoms with Crippen LogP contribution in [0, 0.1) is 12.3 Å². The fourth-order valence-corrected chi connectivity index (χ4v) is 2.19. The van der Waals surface area contributed by atoms with Gasteiger partial charge in [0.2, 0.25) is 0 Å². The van der Waals surface area contributed by atoms with Gasteiger partial charge in [0.15, 0.2) is 0 Å². The zero-order valence-electron chi connectivity index (χ0n) is 10.1. The van der Waals surface area contributed by atoms with Gasteiger partial charge in [-0.1, -0.05) is 24.3 Å². The SMILES string of the molecule is C#CCCCNCC1OCCc2ccccc21. The molecule has 2 nitrogen and oxygen atoms in total. The van der Waals surface area contributed by atoms with Gasteiger partial charge in [0, 0.05) is 13.0 Å². The van der Waals surface area contributed by atoms with Crippen LogP contribution in [0.25, 0.3) is 0 Å². The van der Waals surface area contributed by atoms with Crippen LogP contribution in [0.2, 0.25) is 0 Å². The number of hydrogen-bond donors (Lipinski definition) is 1. The van der Waals surface area contributed by atoms with E-state index in [1.54, 1.807) is 0 Å². The van der Waals surface area contributed by atoms with Gasteiger partial charge in [-0.25, -0.2) is 0 Å². The van der Waals surface area contributed by atoms with Gasteiger partial charge in [-0.3, -0.25) is 0 Å². The molecule has 0 aromatic heterocycles. The highest BCUT2D eigenvalue weighted by atomic mass is 16.5. The fourth-order valence-electron chi connectivity index (χ4n) is 2.19. The number of fused-ring (bicyclic) bond motifs is 1. The summed E-state index contributed by atoms with van der Waals surface area (Å²) in [5.41, 5.74) is 2.76. The Kier molecular flexibility index (Phi) is 4.61. The van der Waals surface area contributed by atoms with Gasteiger partial charge in [-0.2, -0.15) is 0 Å². The van der Waals surface area contributed by atoms with E-state index in [0.29, 0.717) is 0 Å². The molecule has 0 spiro atoms. The van der Waals surface area contributed by atoms with Crippen LogP contribution < -0.4 is 5.32 Å². The average Bonchev–Trinajstić information content (AvgIpc) is 2.39. The summed E-state index contributed by atoms with van der Waals surface area (Å²) in [6.07, 6.45) is 8.32. The number of unbranched alkanes of at least 4 members (excludes halogenated alkanes) is 1. The molecule has 0 aliphatic carbocycles. The van der Waals surface area contributed by atoms with Crippen molar-refractivity contribution in [3.05, 3.63) is 35.4 Å². The van der Waals surface area contributed by atoms with E-state index in [1.165, 1.54) is 11.1 Å². The van der Waals surface area contributed by atoms with Gasteiger partial charge >= 0.3 is 0 Å². The van der Waals surface area contributed by atoms with Crippen molar-refractivity contribution >= 4 is 0 Å². The Morgan fingerprint density at radius 1 is 1.41 bits per heavy atom. The molecule has 0 saturated carbocycles. The first-order valence-corrected chi connectivity index (χ1v) is 6.25. The highest BCUT2D eigenvalue weighted by Crippen LogP contribution is 2.25. The molecular formula is C15H19NO. The van der Waals surface area contributed by atoms with E-state index in [-0.39, 0.29) is 6.10 Å². The normalized spacial score (nSPS) is 18.4. The second-order valence-corrected chi connectivity index (χ2v) is 4.32. The van der Waals surface area contributed by atoms with E-state index >= 15 is 0 Å². The Hall–Kier alpha value is -1.30. The average molecular weight is 229 g/mol. The number of terminal acetylenes is 1. The van der Waals surface area contributed by atoms with E-state index in [2.05, 4.69) is 35.5 Å². The van der Waals surface area contributed by atoms with Crippen molar-refractivity contribution < 1.29 is 4.74 Å². The molecule has 1 unspecified atom stereocenters. The van der Waals surface area contributed by atoms with Crippen molar-refractivity contribution in [2.45, 2.75) is 25.4 Å². The lowest BCUT2D eigenvalue weighted by Crippen LogP contribution is -2.28. The summed E-state index contributed by atoms with van der Waals surface area (Å²) in [5.74, 6) is 2.65. The smallest absolute Gasteiger partial charge is 0.0952 e. The zero-order chi connectivity index (χ0) is 11.9. The molecule has 2 rings (SSSR count). The third kappa shape index (κ3) is 3.33. The number of hydrogen-bond acceptors (Lipinski definition) is 2. The van der Waals surface area contributed by atoms with Crippen LogP contribution in [-0.4, -0.2) is 19.7 Å². The molecule has 1 aliphatic heterocycles. The van der Waals surface area contributed by atoms with Crippen molar-refractivity contribution in [1.82, 2.24) is 5.32 Å². The summed E-state index contributed by atoms with van der Waals surface area (Å²) >= 11 is 0. The molecule has 1 N–H and O–H groups in total. The molecule has 0 bridgehead atoms. The molecule has 0 fully saturated rings. The minimum absolute atomic E-state index is 0.200. The Balaban J connectivity index is 1.84. The largest absolute Gasteiger partial charge is 0.372 e. The molecule has 0 amide bonds. The van der Waals surface area contributed by atoms with E-state index in [9.17, 15) is 0 Å². The molecule has 1 heterocycles. The second-order valence-electron chi connectivity index (χ2n) is 4.32. The Labute approximate surface area is 103 Å². The first-order valence-electron chi connectivity index (χ1n) is 6.25. The van der Waals surface area contributed by atoms with Gasteiger partial charge in [-0.15, -0.1) is 12.3 Å². The maximum absolute atomic E-state index is 5.81. The summed E-state index contributed by atoms with van der Waals surface area (Å²) in [6.45, 7) is 2.67. The monoisotopic (exact) mass is 229 g/mol. The summed E-state index contributed by atoms with van der Waals surface area (Å²) in [6, 6.07) is 8.55. The second kappa shape index (κ2) is 6.44. The molecule has 1 aliphatic rings. The maximum atomic E-state index is 5.81. The number of nitrogens with one attached hydrogen (secondary N) is 1. The Morgan fingerprint density at radius 2 is 2.29 bits per heavy atom. The topological polar surface area (TPSA) is 21.3 Å². The maximum Gasteiger partial charge on any atom is 0.0952 e. The Bertz CT molecular complexity index is 394. The first-order chi connectivity index (χ1) is 8.42.